The van der Waals surface area contributed by atoms with E-state index in [4.69, 9.17) is 16.3 Å². The molecule has 2 rings (SSSR count). The number of halogens is 2. The van der Waals surface area contributed by atoms with Crippen LogP contribution in [0.2, 0.25) is 5.02 Å². The molecule has 0 radical (unpaired) electrons. The monoisotopic (exact) mass is 420 g/mol. The number of hydrogen-bond donors (Lipinski definition) is 2. The van der Waals surface area contributed by atoms with Gasteiger partial charge in [-0.15, -0.1) is 0 Å². The maximum atomic E-state index is 13.6. The summed E-state index contributed by atoms with van der Waals surface area (Å²) in [7, 11) is 0. The molecule has 1 atom stereocenters. The molecule has 2 N–H and O–H groups in total. The topological polar surface area (TPSA) is 84.5 Å². The Bertz CT molecular complexity index is 871. The zero-order valence-electron chi connectivity index (χ0n) is 16.1. The van der Waals surface area contributed by atoms with Gasteiger partial charge >= 0.3 is 5.97 Å². The fourth-order valence-electron chi connectivity index (χ4n) is 2.51. The Morgan fingerprint density at radius 3 is 2.34 bits per heavy atom. The van der Waals surface area contributed by atoms with E-state index in [1.165, 1.54) is 30.3 Å². The van der Waals surface area contributed by atoms with E-state index >= 15 is 0 Å². The normalized spacial score (nSPS) is 11.6. The highest BCUT2D eigenvalue weighted by Gasteiger charge is 2.25. The number of para-hydroxylation sites is 1. The zero-order chi connectivity index (χ0) is 21.4. The summed E-state index contributed by atoms with van der Waals surface area (Å²) in [5, 5.41) is 5.43. The van der Waals surface area contributed by atoms with Gasteiger partial charge in [-0.3, -0.25) is 9.59 Å². The first-order valence-electron chi connectivity index (χ1n) is 9.03. The molecular weight excluding hydrogens is 399 g/mol. The largest absolute Gasteiger partial charge is 0.454 e. The van der Waals surface area contributed by atoms with E-state index in [0.717, 1.165) is 0 Å². The van der Waals surface area contributed by atoms with Crippen molar-refractivity contribution >= 4 is 35.1 Å². The second-order valence-electron chi connectivity index (χ2n) is 6.80. The molecule has 0 unspecified atom stereocenters. The van der Waals surface area contributed by atoms with Crippen LogP contribution in [0, 0.1) is 11.7 Å². The summed E-state index contributed by atoms with van der Waals surface area (Å²) in [6.07, 6.45) is 0.326. The Morgan fingerprint density at radius 1 is 1.07 bits per heavy atom. The Kier molecular flexibility index (Phi) is 8.15. The molecule has 0 aromatic heterocycles. The average Bonchev–Trinajstić information content (AvgIpc) is 2.67. The van der Waals surface area contributed by atoms with Gasteiger partial charge in [0.1, 0.15) is 11.9 Å². The first-order chi connectivity index (χ1) is 13.8. The lowest BCUT2D eigenvalue weighted by molar-refractivity contribution is -0.149. The molecule has 2 aromatic carbocycles. The summed E-state index contributed by atoms with van der Waals surface area (Å²) >= 11 is 5.81. The van der Waals surface area contributed by atoms with Crippen LogP contribution in [0.3, 0.4) is 0 Å². The van der Waals surface area contributed by atoms with Crippen molar-refractivity contribution in [2.24, 2.45) is 5.92 Å². The molecule has 0 aliphatic rings. The number of amides is 2. The van der Waals surface area contributed by atoms with Crippen LogP contribution in [0.5, 0.6) is 0 Å². The zero-order valence-corrected chi connectivity index (χ0v) is 16.8. The second-order valence-corrected chi connectivity index (χ2v) is 7.23. The number of nitrogens with one attached hydrogen (secondary N) is 2. The summed E-state index contributed by atoms with van der Waals surface area (Å²) in [4.78, 5) is 36.7. The maximum Gasteiger partial charge on any atom is 0.329 e. The summed E-state index contributed by atoms with van der Waals surface area (Å²) in [5.74, 6) is -2.40. The number of carbonyl (C=O) groups is 3. The third-order valence-corrected chi connectivity index (χ3v) is 4.15. The lowest BCUT2D eigenvalue weighted by atomic mass is 10.0. The van der Waals surface area contributed by atoms with Gasteiger partial charge in [-0.2, -0.15) is 0 Å². The predicted molar refractivity (Wildman–Crippen MR) is 108 cm³/mol. The molecule has 0 saturated carbocycles. The molecule has 154 valence electrons. The Labute approximate surface area is 173 Å². The van der Waals surface area contributed by atoms with Gasteiger partial charge in [0.15, 0.2) is 6.61 Å². The van der Waals surface area contributed by atoms with Gasteiger partial charge in [0.05, 0.1) is 5.69 Å². The quantitative estimate of drug-likeness (QED) is 0.636. The number of anilines is 1. The van der Waals surface area contributed by atoms with Crippen LogP contribution in [0.15, 0.2) is 48.5 Å². The van der Waals surface area contributed by atoms with Gasteiger partial charge < -0.3 is 15.4 Å². The summed E-state index contributed by atoms with van der Waals surface area (Å²) in [6, 6.07) is 10.9. The van der Waals surface area contributed by atoms with E-state index in [1.54, 1.807) is 18.2 Å². The van der Waals surface area contributed by atoms with E-state index in [0.29, 0.717) is 17.0 Å². The number of ether oxygens (including phenoxy) is 1. The minimum atomic E-state index is -0.931. The molecule has 2 aromatic rings. The van der Waals surface area contributed by atoms with Crippen molar-refractivity contribution in [1.29, 1.82) is 0 Å². The van der Waals surface area contributed by atoms with Crippen LogP contribution in [0.4, 0.5) is 10.1 Å². The number of rotatable bonds is 8. The van der Waals surface area contributed by atoms with Crippen molar-refractivity contribution in [1.82, 2.24) is 5.32 Å². The minimum Gasteiger partial charge on any atom is -0.454 e. The summed E-state index contributed by atoms with van der Waals surface area (Å²) < 4.78 is 18.6. The molecule has 29 heavy (non-hydrogen) atoms. The molecule has 2 amide bonds. The maximum absolute atomic E-state index is 13.6. The standard InChI is InChI=1S/C21H22ClFN2O4/c1-13(2)11-18(25-20(27)14-7-9-15(22)10-8-14)21(28)29-12-19(26)24-17-6-4-3-5-16(17)23/h3-10,13,18H,11-12H2,1-2H3,(H,24,26)(H,25,27)/t18-/m0/s1. The van der Waals surface area contributed by atoms with Crippen molar-refractivity contribution in [2.75, 3.05) is 11.9 Å². The van der Waals surface area contributed by atoms with Crippen LogP contribution in [-0.4, -0.2) is 30.4 Å². The van der Waals surface area contributed by atoms with Crippen LogP contribution in [-0.2, 0) is 14.3 Å². The van der Waals surface area contributed by atoms with Crippen molar-refractivity contribution in [2.45, 2.75) is 26.3 Å². The fraction of sp³-hybridized carbons (Fsp3) is 0.286. The summed E-state index contributed by atoms with van der Waals surface area (Å²) in [5.41, 5.74) is 0.330. The van der Waals surface area contributed by atoms with E-state index in [-0.39, 0.29) is 11.6 Å². The van der Waals surface area contributed by atoms with Gasteiger partial charge in [-0.05, 0) is 48.7 Å². The molecule has 0 spiro atoms. The molecule has 0 fully saturated rings. The molecular formula is C21H22ClFN2O4. The number of esters is 1. The number of carbonyl (C=O) groups excluding carboxylic acids is 3. The number of benzene rings is 2. The Morgan fingerprint density at radius 2 is 1.72 bits per heavy atom. The third kappa shape index (κ3) is 7.19. The highest BCUT2D eigenvalue weighted by molar-refractivity contribution is 6.30. The molecule has 6 nitrogen and oxygen atoms in total. The third-order valence-electron chi connectivity index (χ3n) is 3.90. The van der Waals surface area contributed by atoms with Crippen molar-refractivity contribution < 1.29 is 23.5 Å². The van der Waals surface area contributed by atoms with Crippen molar-refractivity contribution in [3.05, 3.63) is 64.9 Å². The van der Waals surface area contributed by atoms with E-state index in [9.17, 15) is 18.8 Å². The first-order valence-corrected chi connectivity index (χ1v) is 9.41. The van der Waals surface area contributed by atoms with E-state index in [2.05, 4.69) is 10.6 Å². The smallest absolute Gasteiger partial charge is 0.329 e. The average molecular weight is 421 g/mol. The van der Waals surface area contributed by atoms with Crippen LogP contribution < -0.4 is 10.6 Å². The Balaban J connectivity index is 1.95. The summed E-state index contributed by atoms with van der Waals surface area (Å²) in [6.45, 7) is 3.18. The Hall–Kier alpha value is -2.93. The number of hydrogen-bond acceptors (Lipinski definition) is 4. The second kappa shape index (κ2) is 10.6. The SMILES string of the molecule is CC(C)C[C@H](NC(=O)c1ccc(Cl)cc1)C(=O)OCC(=O)Nc1ccccc1F. The lowest BCUT2D eigenvalue weighted by Gasteiger charge is -2.19. The first kappa shape index (κ1) is 22.4. The van der Waals surface area contributed by atoms with Crippen LogP contribution in [0.25, 0.3) is 0 Å². The van der Waals surface area contributed by atoms with Gasteiger partial charge in [-0.25, -0.2) is 9.18 Å². The van der Waals surface area contributed by atoms with Gasteiger partial charge in [0.2, 0.25) is 0 Å². The van der Waals surface area contributed by atoms with Gasteiger partial charge in [0, 0.05) is 10.6 Å². The molecule has 0 aliphatic heterocycles. The highest BCUT2D eigenvalue weighted by Crippen LogP contribution is 2.13. The predicted octanol–water partition coefficient (Wildman–Crippen LogP) is 3.81. The molecule has 8 heteroatoms. The molecule has 0 aliphatic carbocycles. The van der Waals surface area contributed by atoms with E-state index < -0.39 is 36.2 Å². The minimum absolute atomic E-state index is 0.0108. The molecule has 0 heterocycles. The fourth-order valence-corrected chi connectivity index (χ4v) is 2.64. The molecule has 0 saturated heterocycles. The van der Waals surface area contributed by atoms with Gasteiger partial charge in [-0.1, -0.05) is 37.6 Å². The highest BCUT2D eigenvalue weighted by atomic mass is 35.5. The lowest BCUT2D eigenvalue weighted by Crippen LogP contribution is -2.43. The van der Waals surface area contributed by atoms with Gasteiger partial charge in [0.25, 0.3) is 11.8 Å². The van der Waals surface area contributed by atoms with Crippen LogP contribution in [0.1, 0.15) is 30.6 Å². The van der Waals surface area contributed by atoms with Crippen molar-refractivity contribution in [3.8, 4) is 0 Å². The van der Waals surface area contributed by atoms with E-state index in [1.807, 2.05) is 13.8 Å². The molecule has 0 bridgehead atoms. The van der Waals surface area contributed by atoms with Crippen molar-refractivity contribution in [3.63, 3.8) is 0 Å². The van der Waals surface area contributed by atoms with Crippen LogP contribution >= 0.6 is 11.6 Å².